The van der Waals surface area contributed by atoms with E-state index in [1.807, 2.05) is 42.5 Å². The quantitative estimate of drug-likeness (QED) is 0.796. The molecule has 2 aromatic rings. The van der Waals surface area contributed by atoms with E-state index >= 15 is 0 Å². The Morgan fingerprint density at radius 3 is 2.69 bits per heavy atom. The molecule has 0 bridgehead atoms. The summed E-state index contributed by atoms with van der Waals surface area (Å²) in [7, 11) is 1.43. The van der Waals surface area contributed by atoms with Crippen LogP contribution in [0.4, 0.5) is 0 Å². The van der Waals surface area contributed by atoms with Crippen LogP contribution < -0.4 is 5.48 Å². The molecule has 0 saturated heterocycles. The number of hydrogen-bond acceptors (Lipinski definition) is 2. The molecule has 0 spiro atoms. The monoisotopic (exact) mass is 215 g/mol. The highest BCUT2D eigenvalue weighted by Crippen LogP contribution is 2.15. The van der Waals surface area contributed by atoms with Gasteiger partial charge in [0.15, 0.2) is 0 Å². The highest BCUT2D eigenvalue weighted by atomic mass is 16.6. The molecular formula is C13H13NO2. The Kier molecular flexibility index (Phi) is 3.17. The van der Waals surface area contributed by atoms with E-state index in [1.54, 1.807) is 0 Å². The molecule has 0 radical (unpaired) electrons. The number of hydrogen-bond donors (Lipinski definition) is 1. The summed E-state index contributed by atoms with van der Waals surface area (Å²) in [5, 5.41) is 2.32. The number of nitrogens with one attached hydrogen (secondary N) is 1. The second kappa shape index (κ2) is 4.77. The van der Waals surface area contributed by atoms with Crippen molar-refractivity contribution in [2.45, 2.75) is 6.42 Å². The van der Waals surface area contributed by atoms with Crippen LogP contribution in [-0.4, -0.2) is 13.0 Å². The maximum Gasteiger partial charge on any atom is 0.247 e. The van der Waals surface area contributed by atoms with Crippen molar-refractivity contribution in [1.29, 1.82) is 0 Å². The van der Waals surface area contributed by atoms with Crippen molar-refractivity contribution in [2.24, 2.45) is 0 Å². The average Bonchev–Trinajstić information content (AvgIpc) is 2.29. The lowest BCUT2D eigenvalue weighted by Crippen LogP contribution is -2.23. The Labute approximate surface area is 94.0 Å². The fourth-order valence-electron chi connectivity index (χ4n) is 1.68. The van der Waals surface area contributed by atoms with Crippen molar-refractivity contribution in [3.8, 4) is 0 Å². The van der Waals surface area contributed by atoms with Gasteiger partial charge in [-0.3, -0.25) is 9.63 Å². The minimum Gasteiger partial charge on any atom is -0.277 e. The first-order valence-electron chi connectivity index (χ1n) is 5.09. The van der Waals surface area contributed by atoms with Gasteiger partial charge >= 0.3 is 0 Å². The molecule has 0 fully saturated rings. The zero-order chi connectivity index (χ0) is 11.4. The van der Waals surface area contributed by atoms with Gasteiger partial charge in [-0.15, -0.1) is 0 Å². The molecule has 0 atom stereocenters. The summed E-state index contributed by atoms with van der Waals surface area (Å²) in [6.07, 6.45) is 0.332. The zero-order valence-electron chi connectivity index (χ0n) is 9.07. The predicted octanol–water partition coefficient (Wildman–Crippen LogP) is 2.06. The number of fused-ring (bicyclic) bond motifs is 1. The maximum atomic E-state index is 11.3. The molecule has 82 valence electrons. The first-order valence-corrected chi connectivity index (χ1v) is 5.09. The van der Waals surface area contributed by atoms with E-state index in [0.717, 1.165) is 10.9 Å². The summed E-state index contributed by atoms with van der Waals surface area (Å²) in [4.78, 5) is 15.9. The van der Waals surface area contributed by atoms with Crippen molar-refractivity contribution >= 4 is 16.7 Å². The molecule has 3 heteroatoms. The highest BCUT2D eigenvalue weighted by Gasteiger charge is 2.02. The molecule has 16 heavy (non-hydrogen) atoms. The van der Waals surface area contributed by atoms with E-state index < -0.39 is 0 Å². The Morgan fingerprint density at radius 2 is 1.94 bits per heavy atom. The van der Waals surface area contributed by atoms with E-state index in [4.69, 9.17) is 0 Å². The number of carbonyl (C=O) groups is 1. The molecule has 2 rings (SSSR count). The summed E-state index contributed by atoms with van der Waals surface area (Å²) in [5.41, 5.74) is 3.28. The minimum atomic E-state index is -0.141. The first kappa shape index (κ1) is 10.6. The molecule has 3 nitrogen and oxygen atoms in total. The third kappa shape index (κ3) is 2.38. The Bertz CT molecular complexity index is 508. The Morgan fingerprint density at radius 1 is 1.19 bits per heavy atom. The van der Waals surface area contributed by atoms with Gasteiger partial charge in [-0.05, 0) is 16.3 Å². The topological polar surface area (TPSA) is 38.3 Å². The van der Waals surface area contributed by atoms with Gasteiger partial charge in [0, 0.05) is 0 Å². The average molecular weight is 215 g/mol. The summed E-state index contributed by atoms with van der Waals surface area (Å²) in [6, 6.07) is 14.1. The van der Waals surface area contributed by atoms with E-state index in [2.05, 4.69) is 10.3 Å². The molecule has 0 unspecified atom stereocenters. The highest BCUT2D eigenvalue weighted by molar-refractivity contribution is 5.85. The minimum absolute atomic E-state index is 0.141. The normalized spacial score (nSPS) is 10.3. The molecule has 0 aliphatic carbocycles. The van der Waals surface area contributed by atoms with Gasteiger partial charge < -0.3 is 0 Å². The predicted molar refractivity (Wildman–Crippen MR) is 62.8 cm³/mol. The smallest absolute Gasteiger partial charge is 0.247 e. The third-order valence-corrected chi connectivity index (χ3v) is 2.39. The summed E-state index contributed by atoms with van der Waals surface area (Å²) in [6.45, 7) is 0. The molecule has 0 aromatic heterocycles. The number of rotatable bonds is 3. The molecule has 0 aliphatic rings. The van der Waals surface area contributed by atoms with Gasteiger partial charge in [0.25, 0.3) is 0 Å². The van der Waals surface area contributed by atoms with Crippen LogP contribution in [0.5, 0.6) is 0 Å². The first-order chi connectivity index (χ1) is 7.79. The van der Waals surface area contributed by atoms with Crippen LogP contribution >= 0.6 is 0 Å². The van der Waals surface area contributed by atoms with Crippen molar-refractivity contribution < 1.29 is 9.63 Å². The fraction of sp³-hybridized carbons (Fsp3) is 0.154. The molecule has 1 amide bonds. The molecule has 0 saturated carbocycles. The second-order valence-electron chi connectivity index (χ2n) is 3.59. The third-order valence-electron chi connectivity index (χ3n) is 2.39. The fourth-order valence-corrected chi connectivity index (χ4v) is 1.68. The van der Waals surface area contributed by atoms with Gasteiger partial charge in [-0.2, -0.15) is 0 Å². The van der Waals surface area contributed by atoms with E-state index in [0.29, 0.717) is 6.42 Å². The molecule has 2 aromatic carbocycles. The van der Waals surface area contributed by atoms with Crippen molar-refractivity contribution in [2.75, 3.05) is 7.11 Å². The van der Waals surface area contributed by atoms with Gasteiger partial charge in [0.2, 0.25) is 5.91 Å². The van der Waals surface area contributed by atoms with E-state index in [-0.39, 0.29) is 5.91 Å². The van der Waals surface area contributed by atoms with Crippen LogP contribution in [0.1, 0.15) is 5.56 Å². The number of benzene rings is 2. The largest absolute Gasteiger partial charge is 0.277 e. The second-order valence-corrected chi connectivity index (χ2v) is 3.59. The number of amides is 1. The Hall–Kier alpha value is -1.87. The lowest BCUT2D eigenvalue weighted by molar-refractivity contribution is -0.130. The van der Waals surface area contributed by atoms with Crippen LogP contribution in [-0.2, 0) is 16.1 Å². The molecular weight excluding hydrogens is 202 g/mol. The summed E-state index contributed by atoms with van der Waals surface area (Å²) < 4.78 is 0. The van der Waals surface area contributed by atoms with Crippen LogP contribution in [0, 0.1) is 0 Å². The van der Waals surface area contributed by atoms with Gasteiger partial charge in [0.1, 0.15) is 0 Å². The van der Waals surface area contributed by atoms with Crippen molar-refractivity contribution in [3.63, 3.8) is 0 Å². The maximum absolute atomic E-state index is 11.3. The lowest BCUT2D eigenvalue weighted by Gasteiger charge is -2.04. The number of carbonyl (C=O) groups excluding carboxylic acids is 1. The molecule has 0 aliphatic heterocycles. The van der Waals surface area contributed by atoms with E-state index in [1.165, 1.54) is 12.5 Å². The van der Waals surface area contributed by atoms with Crippen molar-refractivity contribution in [3.05, 3.63) is 48.0 Å². The van der Waals surface area contributed by atoms with Crippen LogP contribution in [0.2, 0.25) is 0 Å². The molecule has 0 heterocycles. The lowest BCUT2D eigenvalue weighted by atomic mass is 10.1. The van der Waals surface area contributed by atoms with Crippen LogP contribution in [0.3, 0.4) is 0 Å². The summed E-state index contributed by atoms with van der Waals surface area (Å²) >= 11 is 0. The van der Waals surface area contributed by atoms with Gasteiger partial charge in [-0.25, -0.2) is 5.48 Å². The Balaban J connectivity index is 2.22. The zero-order valence-corrected chi connectivity index (χ0v) is 9.07. The summed E-state index contributed by atoms with van der Waals surface area (Å²) in [5.74, 6) is -0.141. The molecule has 1 N–H and O–H groups in total. The van der Waals surface area contributed by atoms with Crippen LogP contribution in [0.25, 0.3) is 10.8 Å². The van der Waals surface area contributed by atoms with Crippen LogP contribution in [0.15, 0.2) is 42.5 Å². The SMILES string of the molecule is CONC(=O)Cc1ccc2ccccc2c1. The van der Waals surface area contributed by atoms with Crippen molar-refractivity contribution in [1.82, 2.24) is 5.48 Å². The van der Waals surface area contributed by atoms with E-state index in [9.17, 15) is 4.79 Å². The van der Waals surface area contributed by atoms with Gasteiger partial charge in [-0.1, -0.05) is 42.5 Å². The van der Waals surface area contributed by atoms with Gasteiger partial charge in [0.05, 0.1) is 13.5 Å². The number of hydroxylamine groups is 1. The standard InChI is InChI=1S/C13H13NO2/c1-16-14-13(15)9-10-6-7-11-4-2-3-5-12(11)8-10/h2-8H,9H2,1H3,(H,14,15).